The lowest BCUT2D eigenvalue weighted by Crippen LogP contribution is -2.75. The van der Waals surface area contributed by atoms with Gasteiger partial charge >= 0.3 is 53.6 Å². The van der Waals surface area contributed by atoms with E-state index in [4.69, 9.17) is 0 Å². The molecular formula is C33H37F19. The average Bonchev–Trinajstić information content (AvgIpc) is 3.06. The summed E-state index contributed by atoms with van der Waals surface area (Å²) in [5, 5.41) is 0. The van der Waals surface area contributed by atoms with Crippen LogP contribution in [0.25, 0.3) is 0 Å². The molecule has 0 saturated heterocycles. The molecule has 2 aliphatic carbocycles. The number of rotatable bonds is 15. The Bertz CT molecular complexity index is 1300. The maximum atomic E-state index is 14.8. The number of hydrogen-bond donors (Lipinski definition) is 0. The fourth-order valence-electron chi connectivity index (χ4n) is 7.24. The molecule has 1 aromatic carbocycles. The first-order chi connectivity index (χ1) is 23.5. The van der Waals surface area contributed by atoms with Crippen molar-refractivity contribution >= 4 is 0 Å². The quantitative estimate of drug-likeness (QED) is 0.123. The summed E-state index contributed by atoms with van der Waals surface area (Å²) < 4.78 is 261. The lowest BCUT2D eigenvalue weighted by molar-refractivity contribution is -0.469. The molecule has 0 bridgehead atoms. The Kier molecular flexibility index (Phi) is 12.6. The normalized spacial score (nSPS) is 23.9. The van der Waals surface area contributed by atoms with Gasteiger partial charge in [-0.25, -0.2) is 0 Å². The highest BCUT2D eigenvalue weighted by Crippen LogP contribution is 2.66. The van der Waals surface area contributed by atoms with E-state index in [0.717, 1.165) is 44.2 Å². The van der Waals surface area contributed by atoms with Crippen LogP contribution in [0.3, 0.4) is 0 Å². The smallest absolute Gasteiger partial charge is 0.194 e. The molecule has 0 radical (unpaired) electrons. The van der Waals surface area contributed by atoms with Gasteiger partial charge in [-0.15, -0.1) is 0 Å². The summed E-state index contributed by atoms with van der Waals surface area (Å²) in [6.45, 7) is 2.13. The van der Waals surface area contributed by atoms with E-state index in [1.54, 1.807) is 0 Å². The zero-order valence-corrected chi connectivity index (χ0v) is 27.5. The van der Waals surface area contributed by atoms with Gasteiger partial charge in [-0.05, 0) is 67.8 Å². The van der Waals surface area contributed by atoms with Gasteiger partial charge in [0.15, 0.2) is 0 Å². The summed E-state index contributed by atoms with van der Waals surface area (Å²) in [6, 6.07) is 1.53. The van der Waals surface area contributed by atoms with Gasteiger partial charge in [-0.2, -0.15) is 83.4 Å². The van der Waals surface area contributed by atoms with Crippen molar-refractivity contribution in [2.24, 2.45) is 17.8 Å². The maximum absolute atomic E-state index is 14.8. The Morgan fingerprint density at radius 3 is 1.23 bits per heavy atom. The van der Waals surface area contributed by atoms with Crippen LogP contribution in [0.5, 0.6) is 0 Å². The van der Waals surface area contributed by atoms with Gasteiger partial charge in [-0.1, -0.05) is 76.1 Å². The number of hydrogen-bond acceptors (Lipinski definition) is 0. The van der Waals surface area contributed by atoms with E-state index in [1.807, 2.05) is 0 Å². The summed E-state index contributed by atoms with van der Waals surface area (Å²) in [7, 11) is 0. The Hall–Kier alpha value is -2.11. The first-order valence-corrected chi connectivity index (χ1v) is 16.7. The largest absolute Gasteiger partial charge is 0.460 e. The third-order valence-corrected chi connectivity index (χ3v) is 10.7. The lowest BCUT2D eigenvalue weighted by Gasteiger charge is -2.43. The lowest BCUT2D eigenvalue weighted by atomic mass is 9.68. The molecule has 2 fully saturated rings. The van der Waals surface area contributed by atoms with Gasteiger partial charge in [0.05, 0.1) is 0 Å². The molecule has 52 heavy (non-hydrogen) atoms. The summed E-state index contributed by atoms with van der Waals surface area (Å²) in [6.07, 6.45) is 4.68. The highest BCUT2D eigenvalue weighted by atomic mass is 19.4. The molecule has 0 amide bonds. The zero-order chi connectivity index (χ0) is 40.0. The minimum Gasteiger partial charge on any atom is -0.194 e. The molecule has 0 nitrogen and oxygen atoms in total. The van der Waals surface area contributed by atoms with Crippen LogP contribution in [-0.2, 0) is 5.92 Å². The van der Waals surface area contributed by atoms with E-state index in [0.29, 0.717) is 43.4 Å². The van der Waals surface area contributed by atoms with Crippen molar-refractivity contribution in [3.05, 3.63) is 35.4 Å². The van der Waals surface area contributed by atoms with E-state index in [-0.39, 0.29) is 23.6 Å². The molecule has 0 atom stereocenters. The van der Waals surface area contributed by atoms with Crippen LogP contribution in [0.15, 0.2) is 24.3 Å². The van der Waals surface area contributed by atoms with Gasteiger partial charge in [0.2, 0.25) is 0 Å². The standard InChI is InChI=1S/C33H37F19/c1-2-3-4-5-6-19-7-9-20(10-8-19)21-11-13-22(14-12-21)23-15-17-24(18-16-23)25(34,35)26(36,37)27(38,39)28(40,41)29(42,43)30(44,45)31(46,47)32(48,49)33(50,51)52/h15-22H,2-14H2,1H3/t19-,20-,21?,22?. The Morgan fingerprint density at radius 2 is 0.827 bits per heavy atom. The highest BCUT2D eigenvalue weighted by Gasteiger charge is 2.96. The van der Waals surface area contributed by atoms with E-state index in [1.165, 1.54) is 25.7 Å². The number of alkyl halides is 19. The molecule has 0 N–H and O–H groups in total. The molecule has 0 aliphatic heterocycles. The summed E-state index contributed by atoms with van der Waals surface area (Å²) in [5.74, 6) is -65.5. The van der Waals surface area contributed by atoms with Crippen LogP contribution >= 0.6 is 0 Å². The van der Waals surface area contributed by atoms with Crippen molar-refractivity contribution in [1.82, 2.24) is 0 Å². The van der Waals surface area contributed by atoms with E-state index >= 15 is 0 Å². The second-order valence-electron chi connectivity index (χ2n) is 14.0. The Balaban J connectivity index is 1.75. The molecule has 1 aromatic rings. The van der Waals surface area contributed by atoms with Crippen LogP contribution in [0, 0.1) is 17.8 Å². The van der Waals surface area contributed by atoms with Gasteiger partial charge in [0.1, 0.15) is 0 Å². The van der Waals surface area contributed by atoms with E-state index in [9.17, 15) is 83.4 Å². The van der Waals surface area contributed by atoms with Gasteiger partial charge in [0.25, 0.3) is 0 Å². The maximum Gasteiger partial charge on any atom is 0.460 e. The average molecular weight is 795 g/mol. The highest BCUT2D eigenvalue weighted by molar-refractivity contribution is 5.31. The first kappa shape index (κ1) is 44.3. The van der Waals surface area contributed by atoms with Crippen molar-refractivity contribution in [2.75, 3.05) is 0 Å². The van der Waals surface area contributed by atoms with Crippen LogP contribution in [-0.4, -0.2) is 47.6 Å². The SMILES string of the molecule is CCCCCC[C@H]1CC[C@H](C2CCC(c3ccc(C(F)(F)C(F)(F)C(F)(F)C(F)(F)C(F)(F)C(F)(F)C(F)(F)C(F)(F)C(F)(F)F)cc3)CC2)CC1. The topological polar surface area (TPSA) is 0 Å². The molecule has 19 heteroatoms. The van der Waals surface area contributed by atoms with Crippen molar-refractivity contribution in [2.45, 2.75) is 150 Å². The summed E-state index contributed by atoms with van der Waals surface area (Å²) >= 11 is 0. The molecule has 3 rings (SSSR count). The second-order valence-corrected chi connectivity index (χ2v) is 14.0. The van der Waals surface area contributed by atoms with Crippen molar-refractivity contribution in [3.8, 4) is 0 Å². The van der Waals surface area contributed by atoms with Gasteiger partial charge in [-0.3, -0.25) is 0 Å². The van der Waals surface area contributed by atoms with Crippen molar-refractivity contribution < 1.29 is 83.4 Å². The molecule has 0 unspecified atom stereocenters. The molecule has 0 heterocycles. The van der Waals surface area contributed by atoms with Crippen LogP contribution < -0.4 is 0 Å². The van der Waals surface area contributed by atoms with E-state index in [2.05, 4.69) is 6.92 Å². The monoisotopic (exact) mass is 794 g/mol. The second kappa shape index (κ2) is 14.9. The Morgan fingerprint density at radius 1 is 0.442 bits per heavy atom. The molecule has 0 spiro atoms. The minimum absolute atomic E-state index is 0.0378. The van der Waals surface area contributed by atoms with Crippen molar-refractivity contribution in [3.63, 3.8) is 0 Å². The predicted octanol–water partition coefficient (Wildman–Crippen LogP) is 13.8. The number of halogens is 19. The fraction of sp³-hybridized carbons (Fsp3) is 0.818. The molecule has 2 aliphatic rings. The third kappa shape index (κ3) is 7.33. The van der Waals surface area contributed by atoms with Gasteiger partial charge < -0.3 is 0 Å². The summed E-state index contributed by atoms with van der Waals surface area (Å²) in [4.78, 5) is 0. The number of unbranched alkanes of at least 4 members (excludes halogenated alkanes) is 3. The molecule has 302 valence electrons. The van der Waals surface area contributed by atoms with Crippen molar-refractivity contribution in [1.29, 1.82) is 0 Å². The van der Waals surface area contributed by atoms with Crippen LogP contribution in [0.1, 0.15) is 107 Å². The minimum atomic E-state index is -8.92. The first-order valence-electron chi connectivity index (χ1n) is 16.7. The predicted molar refractivity (Wildman–Crippen MR) is 150 cm³/mol. The zero-order valence-electron chi connectivity index (χ0n) is 27.5. The van der Waals surface area contributed by atoms with Gasteiger partial charge in [0, 0.05) is 5.56 Å². The van der Waals surface area contributed by atoms with E-state index < -0.39 is 59.1 Å². The molecule has 0 aromatic heterocycles. The Labute approximate surface area is 286 Å². The third-order valence-electron chi connectivity index (χ3n) is 10.7. The number of benzene rings is 1. The van der Waals surface area contributed by atoms with Crippen LogP contribution in [0.4, 0.5) is 83.4 Å². The fourth-order valence-corrected chi connectivity index (χ4v) is 7.24. The van der Waals surface area contributed by atoms with Crippen LogP contribution in [0.2, 0.25) is 0 Å². The molecular weight excluding hydrogens is 757 g/mol. The molecule has 2 saturated carbocycles. The summed E-state index contributed by atoms with van der Waals surface area (Å²) in [5.41, 5.74) is -2.03.